The van der Waals surface area contributed by atoms with Gasteiger partial charge >= 0.3 is 0 Å². The van der Waals surface area contributed by atoms with Gasteiger partial charge in [-0.1, -0.05) is 12.1 Å². The summed E-state index contributed by atoms with van der Waals surface area (Å²) in [5.41, 5.74) is 1.14. The van der Waals surface area contributed by atoms with E-state index >= 15 is 0 Å². The molecule has 0 spiro atoms. The second-order valence-corrected chi connectivity index (χ2v) is 6.14. The minimum absolute atomic E-state index is 0.00124. The molecule has 1 saturated heterocycles. The van der Waals surface area contributed by atoms with Crippen LogP contribution in [0.15, 0.2) is 29.3 Å². The number of aliphatic hydroxyl groups is 1. The Balaban J connectivity index is 1.85. The zero-order valence-corrected chi connectivity index (χ0v) is 14.7. The van der Waals surface area contributed by atoms with Gasteiger partial charge in [-0.15, -0.1) is 0 Å². The molecule has 0 amide bonds. The number of guanidine groups is 1. The first-order valence-electron chi connectivity index (χ1n) is 8.56. The molecule has 24 heavy (non-hydrogen) atoms. The molecule has 3 N–H and O–H groups in total. The Labute approximate surface area is 144 Å². The largest absolute Gasteiger partial charge is 0.494 e. The molecule has 6 nitrogen and oxygen atoms in total. The number of hydrogen-bond acceptors (Lipinski definition) is 4. The summed E-state index contributed by atoms with van der Waals surface area (Å²) >= 11 is 0. The van der Waals surface area contributed by atoms with E-state index in [-0.39, 0.29) is 12.0 Å². The molecule has 6 heteroatoms. The van der Waals surface area contributed by atoms with Gasteiger partial charge in [0.2, 0.25) is 0 Å². The van der Waals surface area contributed by atoms with Gasteiger partial charge < -0.3 is 25.2 Å². The van der Waals surface area contributed by atoms with Crippen molar-refractivity contribution < 1.29 is 14.6 Å². The van der Waals surface area contributed by atoms with Crippen molar-refractivity contribution in [2.45, 2.75) is 26.3 Å². The Morgan fingerprint density at radius 2 is 2.29 bits per heavy atom. The molecule has 1 heterocycles. The predicted molar refractivity (Wildman–Crippen MR) is 95.4 cm³/mol. The fourth-order valence-corrected chi connectivity index (χ4v) is 2.90. The van der Waals surface area contributed by atoms with Crippen LogP contribution in [0.3, 0.4) is 0 Å². The van der Waals surface area contributed by atoms with Crippen LogP contribution in [0.1, 0.15) is 25.3 Å². The summed E-state index contributed by atoms with van der Waals surface area (Å²) in [5, 5.41) is 16.0. The molecular weight excluding hydrogens is 306 g/mol. The lowest BCUT2D eigenvalue weighted by atomic mass is 9.84. The van der Waals surface area contributed by atoms with Gasteiger partial charge in [-0.05, 0) is 37.5 Å². The lowest BCUT2D eigenvalue weighted by Gasteiger charge is -2.27. The highest BCUT2D eigenvalue weighted by Gasteiger charge is 2.34. The summed E-state index contributed by atoms with van der Waals surface area (Å²) in [6.07, 6.45) is 1.71. The molecule has 1 unspecified atom stereocenters. The van der Waals surface area contributed by atoms with Crippen molar-refractivity contribution in [1.82, 2.24) is 10.6 Å². The highest BCUT2D eigenvalue weighted by Crippen LogP contribution is 2.31. The van der Waals surface area contributed by atoms with Crippen molar-refractivity contribution in [1.29, 1.82) is 0 Å². The first-order chi connectivity index (χ1) is 11.7. The zero-order chi connectivity index (χ0) is 17.3. The van der Waals surface area contributed by atoms with Crippen LogP contribution in [0.2, 0.25) is 0 Å². The Bertz CT molecular complexity index is 528. The summed E-state index contributed by atoms with van der Waals surface area (Å²) in [4.78, 5) is 4.27. The van der Waals surface area contributed by atoms with E-state index in [9.17, 15) is 5.11 Å². The summed E-state index contributed by atoms with van der Waals surface area (Å²) in [5.74, 6) is 1.63. The average Bonchev–Trinajstić information content (AvgIpc) is 3.05. The maximum absolute atomic E-state index is 9.29. The molecule has 1 aromatic rings. The molecule has 1 aliphatic heterocycles. The predicted octanol–water partition coefficient (Wildman–Crippen LogP) is 1.54. The van der Waals surface area contributed by atoms with Crippen LogP contribution in [-0.2, 0) is 11.3 Å². The van der Waals surface area contributed by atoms with Crippen molar-refractivity contribution in [3.8, 4) is 5.75 Å². The third kappa shape index (κ3) is 5.39. The van der Waals surface area contributed by atoms with Crippen LogP contribution in [0.25, 0.3) is 0 Å². The van der Waals surface area contributed by atoms with Gasteiger partial charge in [-0.25, -0.2) is 0 Å². The number of rotatable bonds is 8. The quantitative estimate of drug-likeness (QED) is 0.496. The van der Waals surface area contributed by atoms with Crippen molar-refractivity contribution in [3.63, 3.8) is 0 Å². The van der Waals surface area contributed by atoms with Crippen LogP contribution in [0.4, 0.5) is 0 Å². The Kier molecular flexibility index (Phi) is 7.34. The standard InChI is InChI=1S/C18H29N3O3/c1-3-24-16-6-4-5-15(11-16)12-20-17(19-2)21-13-18(7-9-22)8-10-23-14-18/h4-6,11,22H,3,7-10,12-14H2,1-2H3,(H2,19,20,21). The number of hydrogen-bond donors (Lipinski definition) is 3. The van der Waals surface area contributed by atoms with Gasteiger partial charge in [0.25, 0.3) is 0 Å². The SMILES string of the molecule is CCOc1cccc(CNC(=NC)NCC2(CCO)CCOC2)c1. The van der Waals surface area contributed by atoms with Gasteiger partial charge in [0.05, 0.1) is 13.2 Å². The lowest BCUT2D eigenvalue weighted by Crippen LogP contribution is -2.44. The van der Waals surface area contributed by atoms with E-state index in [1.165, 1.54) is 0 Å². The smallest absolute Gasteiger partial charge is 0.191 e. The monoisotopic (exact) mass is 335 g/mol. The van der Waals surface area contributed by atoms with E-state index in [1.54, 1.807) is 7.05 Å². The van der Waals surface area contributed by atoms with E-state index in [0.29, 0.717) is 19.8 Å². The van der Waals surface area contributed by atoms with Crippen LogP contribution >= 0.6 is 0 Å². The number of nitrogens with one attached hydrogen (secondary N) is 2. The number of aliphatic imine (C=N–C) groups is 1. The minimum Gasteiger partial charge on any atom is -0.494 e. The third-order valence-corrected chi connectivity index (χ3v) is 4.35. The molecule has 1 fully saturated rings. The molecule has 1 aromatic carbocycles. The minimum atomic E-state index is 0.00124. The van der Waals surface area contributed by atoms with E-state index in [2.05, 4.69) is 21.7 Å². The zero-order valence-electron chi connectivity index (χ0n) is 14.7. The molecule has 0 bridgehead atoms. The van der Waals surface area contributed by atoms with Gasteiger partial charge in [-0.2, -0.15) is 0 Å². The Hall–Kier alpha value is -1.79. The summed E-state index contributed by atoms with van der Waals surface area (Å²) in [7, 11) is 1.76. The summed E-state index contributed by atoms with van der Waals surface area (Å²) in [6.45, 7) is 5.68. The number of benzene rings is 1. The van der Waals surface area contributed by atoms with E-state index in [4.69, 9.17) is 9.47 Å². The normalized spacial score (nSPS) is 20.9. The maximum atomic E-state index is 9.29. The van der Waals surface area contributed by atoms with Crippen LogP contribution < -0.4 is 15.4 Å². The molecule has 0 aliphatic carbocycles. The maximum Gasteiger partial charge on any atom is 0.191 e. The molecule has 2 rings (SSSR count). The van der Waals surface area contributed by atoms with Crippen molar-refractivity contribution in [2.24, 2.45) is 10.4 Å². The second kappa shape index (κ2) is 9.49. The molecule has 1 aliphatic rings. The number of nitrogens with zero attached hydrogens (tertiary/aromatic N) is 1. The fourth-order valence-electron chi connectivity index (χ4n) is 2.90. The van der Waals surface area contributed by atoms with Crippen molar-refractivity contribution >= 4 is 5.96 Å². The average molecular weight is 335 g/mol. The molecule has 0 aromatic heterocycles. The van der Waals surface area contributed by atoms with Gasteiger partial charge in [0, 0.05) is 38.8 Å². The van der Waals surface area contributed by atoms with Gasteiger partial charge in [0.1, 0.15) is 5.75 Å². The molecule has 0 radical (unpaired) electrons. The molecule has 1 atom stereocenters. The Morgan fingerprint density at radius 3 is 2.96 bits per heavy atom. The molecule has 0 saturated carbocycles. The fraction of sp³-hybridized carbons (Fsp3) is 0.611. The van der Waals surface area contributed by atoms with Gasteiger partial charge in [0.15, 0.2) is 5.96 Å². The summed E-state index contributed by atoms with van der Waals surface area (Å²) in [6, 6.07) is 8.03. The Morgan fingerprint density at radius 1 is 1.42 bits per heavy atom. The molecular formula is C18H29N3O3. The van der Waals surface area contributed by atoms with E-state index < -0.39 is 0 Å². The highest BCUT2D eigenvalue weighted by atomic mass is 16.5. The van der Waals surface area contributed by atoms with E-state index in [1.807, 2.05) is 25.1 Å². The number of ether oxygens (including phenoxy) is 2. The number of aliphatic hydroxyl groups excluding tert-OH is 1. The van der Waals surface area contributed by atoms with Crippen molar-refractivity contribution in [3.05, 3.63) is 29.8 Å². The van der Waals surface area contributed by atoms with Crippen LogP contribution in [0.5, 0.6) is 5.75 Å². The van der Waals surface area contributed by atoms with Crippen LogP contribution in [-0.4, -0.2) is 51.1 Å². The summed E-state index contributed by atoms with van der Waals surface area (Å²) < 4.78 is 11.0. The topological polar surface area (TPSA) is 75.1 Å². The van der Waals surface area contributed by atoms with Crippen LogP contribution in [0, 0.1) is 5.41 Å². The first-order valence-corrected chi connectivity index (χ1v) is 8.56. The second-order valence-electron chi connectivity index (χ2n) is 6.14. The lowest BCUT2D eigenvalue weighted by molar-refractivity contribution is 0.127. The van der Waals surface area contributed by atoms with E-state index in [0.717, 1.165) is 43.3 Å². The van der Waals surface area contributed by atoms with Crippen molar-refractivity contribution in [2.75, 3.05) is 40.0 Å². The van der Waals surface area contributed by atoms with Gasteiger partial charge in [-0.3, -0.25) is 4.99 Å². The first kappa shape index (κ1) is 18.5. The highest BCUT2D eigenvalue weighted by molar-refractivity contribution is 5.79. The molecule has 134 valence electrons. The third-order valence-electron chi connectivity index (χ3n) is 4.35.